The van der Waals surface area contributed by atoms with Gasteiger partial charge in [0.1, 0.15) is 0 Å². The van der Waals surface area contributed by atoms with Crippen LogP contribution in [0.3, 0.4) is 0 Å². The van der Waals surface area contributed by atoms with Crippen LogP contribution in [0.15, 0.2) is 0 Å². The fourth-order valence-electron chi connectivity index (χ4n) is 6.78. The number of esters is 1. The van der Waals surface area contributed by atoms with E-state index in [0.29, 0.717) is 0 Å². The average Bonchev–Trinajstić information content (AvgIpc) is 2.93. The minimum Gasteiger partial charge on any atom is -0.449 e. The van der Waals surface area contributed by atoms with E-state index in [2.05, 4.69) is 22.6 Å². The largest absolute Gasteiger partial charge is 0.449 e. The molecule has 0 heterocycles. The Labute approximate surface area is 148 Å². The van der Waals surface area contributed by atoms with Crippen molar-refractivity contribution in [2.75, 3.05) is 0 Å². The van der Waals surface area contributed by atoms with Gasteiger partial charge in [-0.15, -0.1) is 0 Å². The molecular formula is C19H29IO2. The summed E-state index contributed by atoms with van der Waals surface area (Å²) in [5.41, 5.74) is 0. The third kappa shape index (κ3) is 2.73. The van der Waals surface area contributed by atoms with Gasteiger partial charge in [0.2, 0.25) is 0 Å². The lowest BCUT2D eigenvalue weighted by Crippen LogP contribution is -2.47. The van der Waals surface area contributed by atoms with Gasteiger partial charge in [0.25, 0.3) is 0 Å². The molecule has 22 heavy (non-hydrogen) atoms. The van der Waals surface area contributed by atoms with Crippen molar-refractivity contribution in [3.8, 4) is 0 Å². The molecule has 0 aromatic rings. The molecule has 4 saturated carbocycles. The first-order valence-electron chi connectivity index (χ1n) is 9.44. The molecule has 0 amide bonds. The van der Waals surface area contributed by atoms with Crippen molar-refractivity contribution in [2.45, 2.75) is 74.7 Å². The Morgan fingerprint density at radius 3 is 2.32 bits per heavy atom. The summed E-state index contributed by atoms with van der Waals surface area (Å²) in [5.74, 6) is 5.82. The van der Waals surface area contributed by atoms with Gasteiger partial charge < -0.3 is 4.74 Å². The SMILES string of the molecule is CC(=O)O[C@@]1(I)CC[C@H]2[C@H](CC[C@@H]3[C@@H]2CC[C@@H]2CCC[C@H]23)C1. The molecule has 4 aliphatic rings. The zero-order valence-electron chi connectivity index (χ0n) is 13.7. The molecular weight excluding hydrogens is 387 g/mol. The van der Waals surface area contributed by atoms with Gasteiger partial charge >= 0.3 is 5.97 Å². The van der Waals surface area contributed by atoms with Crippen LogP contribution in [-0.2, 0) is 9.53 Å². The quantitative estimate of drug-likeness (QED) is 0.328. The Hall–Kier alpha value is 0.200. The maximum Gasteiger partial charge on any atom is 0.303 e. The average molecular weight is 416 g/mol. The van der Waals surface area contributed by atoms with Gasteiger partial charge in [0.05, 0.1) is 0 Å². The Kier molecular flexibility index (Phi) is 4.23. The minimum absolute atomic E-state index is 0.104. The van der Waals surface area contributed by atoms with Gasteiger partial charge in [-0.1, -0.05) is 12.8 Å². The summed E-state index contributed by atoms with van der Waals surface area (Å²) in [4.78, 5) is 11.4. The monoisotopic (exact) mass is 416 g/mol. The summed E-state index contributed by atoms with van der Waals surface area (Å²) in [5, 5.41) is 0. The second kappa shape index (κ2) is 5.93. The smallest absolute Gasteiger partial charge is 0.303 e. The highest BCUT2D eigenvalue weighted by Crippen LogP contribution is 2.59. The Bertz CT molecular complexity index is 451. The number of halogens is 1. The number of carbonyl (C=O) groups is 1. The highest BCUT2D eigenvalue weighted by atomic mass is 127. The molecule has 0 bridgehead atoms. The van der Waals surface area contributed by atoms with E-state index in [9.17, 15) is 4.79 Å². The standard InChI is InChI=1S/C19H29IO2/c1-12(21)22-19(20)10-9-16-14(11-19)6-8-17-15-4-2-3-13(15)5-7-18(16)17/h13-18H,2-11H2,1H3/t13-,14+,15+,16-,17-,18+,19-/m0/s1. The number of rotatable bonds is 1. The fourth-order valence-corrected chi connectivity index (χ4v) is 7.97. The second-order valence-corrected chi connectivity index (χ2v) is 10.4. The van der Waals surface area contributed by atoms with Crippen molar-refractivity contribution in [3.05, 3.63) is 0 Å². The number of carbonyl (C=O) groups excluding carboxylic acids is 1. The minimum atomic E-state index is -0.206. The summed E-state index contributed by atoms with van der Waals surface area (Å²) >= 11 is 2.42. The second-order valence-electron chi connectivity index (χ2n) is 8.48. The topological polar surface area (TPSA) is 26.3 Å². The van der Waals surface area contributed by atoms with Crippen molar-refractivity contribution in [1.29, 1.82) is 0 Å². The van der Waals surface area contributed by atoms with Crippen molar-refractivity contribution in [3.63, 3.8) is 0 Å². The Morgan fingerprint density at radius 2 is 1.59 bits per heavy atom. The molecule has 0 unspecified atom stereocenters. The molecule has 0 saturated heterocycles. The van der Waals surface area contributed by atoms with E-state index in [0.717, 1.165) is 48.3 Å². The van der Waals surface area contributed by atoms with Crippen LogP contribution in [0.5, 0.6) is 0 Å². The highest BCUT2D eigenvalue weighted by Gasteiger charge is 2.52. The van der Waals surface area contributed by atoms with Crippen LogP contribution < -0.4 is 0 Å². The Balaban J connectivity index is 1.47. The third-order valence-corrected chi connectivity index (χ3v) is 8.66. The molecule has 4 rings (SSSR count). The lowest BCUT2D eigenvalue weighted by Gasteiger charge is -2.53. The van der Waals surface area contributed by atoms with Crippen LogP contribution in [0.25, 0.3) is 0 Å². The number of hydrogen-bond acceptors (Lipinski definition) is 2. The molecule has 0 aromatic heterocycles. The van der Waals surface area contributed by atoms with E-state index < -0.39 is 0 Å². The zero-order valence-corrected chi connectivity index (χ0v) is 15.9. The maximum absolute atomic E-state index is 11.4. The maximum atomic E-state index is 11.4. The third-order valence-electron chi connectivity index (χ3n) is 7.46. The van der Waals surface area contributed by atoms with Gasteiger partial charge in [-0.25, -0.2) is 0 Å². The van der Waals surface area contributed by atoms with E-state index in [4.69, 9.17) is 4.74 Å². The van der Waals surface area contributed by atoms with E-state index >= 15 is 0 Å². The van der Waals surface area contributed by atoms with Crippen LogP contribution >= 0.6 is 22.6 Å². The van der Waals surface area contributed by atoms with Crippen LogP contribution in [-0.4, -0.2) is 9.58 Å². The number of fused-ring (bicyclic) bond motifs is 5. The van der Waals surface area contributed by atoms with Crippen molar-refractivity contribution in [1.82, 2.24) is 0 Å². The molecule has 0 aromatic carbocycles. The normalized spacial score (nSPS) is 50.6. The summed E-state index contributed by atoms with van der Waals surface area (Å²) in [6.07, 6.45) is 13.9. The number of ether oxygens (including phenoxy) is 1. The van der Waals surface area contributed by atoms with Crippen LogP contribution in [0.2, 0.25) is 0 Å². The van der Waals surface area contributed by atoms with Crippen molar-refractivity contribution >= 4 is 28.6 Å². The molecule has 0 spiro atoms. The molecule has 4 aliphatic carbocycles. The summed E-state index contributed by atoms with van der Waals surface area (Å²) in [7, 11) is 0. The Morgan fingerprint density at radius 1 is 0.909 bits per heavy atom. The summed E-state index contributed by atoms with van der Waals surface area (Å²) in [6, 6.07) is 0. The fraction of sp³-hybridized carbons (Fsp3) is 0.947. The van der Waals surface area contributed by atoms with E-state index in [1.807, 2.05) is 0 Å². The van der Waals surface area contributed by atoms with Gasteiger partial charge in [0, 0.05) is 6.92 Å². The molecule has 3 heteroatoms. The number of hydrogen-bond donors (Lipinski definition) is 0. The van der Waals surface area contributed by atoms with Gasteiger partial charge in [-0.05, 0) is 109 Å². The predicted molar refractivity (Wildman–Crippen MR) is 95.6 cm³/mol. The molecule has 124 valence electrons. The van der Waals surface area contributed by atoms with E-state index in [1.54, 1.807) is 6.92 Å². The van der Waals surface area contributed by atoms with Crippen LogP contribution in [0.4, 0.5) is 0 Å². The molecule has 7 atom stereocenters. The van der Waals surface area contributed by atoms with E-state index in [1.165, 1.54) is 51.4 Å². The van der Waals surface area contributed by atoms with Crippen LogP contribution in [0, 0.1) is 35.5 Å². The van der Waals surface area contributed by atoms with Crippen LogP contribution in [0.1, 0.15) is 71.1 Å². The molecule has 0 aliphatic heterocycles. The predicted octanol–water partition coefficient (Wildman–Crippen LogP) is 5.33. The lowest BCUT2D eigenvalue weighted by atomic mass is 9.53. The van der Waals surface area contributed by atoms with Gasteiger partial charge in [-0.2, -0.15) is 0 Å². The zero-order chi connectivity index (χ0) is 15.3. The summed E-state index contributed by atoms with van der Waals surface area (Å²) < 4.78 is 5.47. The molecule has 0 radical (unpaired) electrons. The van der Waals surface area contributed by atoms with Crippen molar-refractivity contribution < 1.29 is 9.53 Å². The summed E-state index contributed by atoms with van der Waals surface area (Å²) in [6.45, 7) is 1.56. The first-order chi connectivity index (χ1) is 10.6. The molecule has 4 fully saturated rings. The first kappa shape index (κ1) is 15.7. The molecule has 0 N–H and O–H groups in total. The molecule has 2 nitrogen and oxygen atoms in total. The first-order valence-corrected chi connectivity index (χ1v) is 10.5. The number of alkyl halides is 1. The highest BCUT2D eigenvalue weighted by molar-refractivity contribution is 14.1. The van der Waals surface area contributed by atoms with Gasteiger partial charge in [0.15, 0.2) is 3.61 Å². The van der Waals surface area contributed by atoms with Crippen molar-refractivity contribution in [2.24, 2.45) is 35.5 Å². The lowest BCUT2D eigenvalue weighted by molar-refractivity contribution is -0.153. The van der Waals surface area contributed by atoms with E-state index in [-0.39, 0.29) is 9.58 Å². The van der Waals surface area contributed by atoms with Gasteiger partial charge in [-0.3, -0.25) is 4.79 Å².